The third kappa shape index (κ3) is 3.60. The Bertz CT molecular complexity index is 370. The first-order valence-electron chi connectivity index (χ1n) is 9.12. The van der Waals surface area contributed by atoms with E-state index in [4.69, 9.17) is 3.79 Å². The van der Waals surface area contributed by atoms with Gasteiger partial charge >= 0.3 is 14.5 Å². The molecule has 1 fully saturated rings. The van der Waals surface area contributed by atoms with Crippen LogP contribution in [0.1, 0.15) is 89.5 Å². The van der Waals surface area contributed by atoms with E-state index in [1.807, 2.05) is 0 Å². The Hall–Kier alpha value is 0.492. The average molecular weight is 325 g/mol. The fraction of sp³-hybridized carbons (Fsp3) is 1.00. The highest BCUT2D eigenvalue weighted by Gasteiger charge is 2.62. The normalized spacial score (nSPS) is 24.5. The van der Waals surface area contributed by atoms with Crippen LogP contribution in [-0.4, -0.2) is 20.1 Å². The molecule has 1 aliphatic heterocycles. The Labute approximate surface area is 145 Å². The molecule has 0 amide bonds. The van der Waals surface area contributed by atoms with Crippen molar-refractivity contribution in [2.45, 2.75) is 105 Å². The molecular formula is C20H41AlO. The van der Waals surface area contributed by atoms with E-state index in [1.54, 1.807) is 0 Å². The van der Waals surface area contributed by atoms with E-state index in [2.05, 4.69) is 83.1 Å². The van der Waals surface area contributed by atoms with Crippen molar-refractivity contribution >= 4 is 14.5 Å². The summed E-state index contributed by atoms with van der Waals surface area (Å²) in [5, 5.41) is 1.32. The summed E-state index contributed by atoms with van der Waals surface area (Å²) in [6.45, 7) is 28.8. The molecule has 0 saturated carbocycles. The van der Waals surface area contributed by atoms with E-state index >= 15 is 0 Å². The van der Waals surface area contributed by atoms with E-state index in [1.165, 1.54) is 11.7 Å². The van der Waals surface area contributed by atoms with Gasteiger partial charge in [-0.3, -0.25) is 0 Å². The second kappa shape index (κ2) is 5.79. The third-order valence-corrected chi connectivity index (χ3v) is 9.22. The summed E-state index contributed by atoms with van der Waals surface area (Å²) in [5.74, 6) is 0.603. The van der Waals surface area contributed by atoms with E-state index < -0.39 is 14.5 Å². The molecule has 130 valence electrons. The maximum absolute atomic E-state index is 7.25. The van der Waals surface area contributed by atoms with E-state index in [0.717, 1.165) is 0 Å². The Kier molecular flexibility index (Phi) is 5.40. The zero-order valence-corrected chi connectivity index (χ0v) is 18.6. The monoisotopic (exact) mass is 324 g/mol. The third-order valence-electron chi connectivity index (χ3n) is 5.78. The molecule has 2 heteroatoms. The highest BCUT2D eigenvalue weighted by atomic mass is 27.2. The molecule has 1 rings (SSSR count). The van der Waals surface area contributed by atoms with Gasteiger partial charge < -0.3 is 3.79 Å². The van der Waals surface area contributed by atoms with Crippen LogP contribution in [0.4, 0.5) is 0 Å². The summed E-state index contributed by atoms with van der Waals surface area (Å²) in [5.41, 5.74) is 0.499. The van der Waals surface area contributed by atoms with E-state index in [0.29, 0.717) is 10.2 Å². The first kappa shape index (κ1) is 20.5. The second-order valence-electron chi connectivity index (χ2n) is 11.7. The van der Waals surface area contributed by atoms with Crippen molar-refractivity contribution in [3.8, 4) is 0 Å². The van der Waals surface area contributed by atoms with Crippen molar-refractivity contribution in [3.63, 3.8) is 0 Å². The first-order chi connectivity index (χ1) is 9.44. The molecule has 22 heavy (non-hydrogen) atoms. The summed E-state index contributed by atoms with van der Waals surface area (Å²) in [4.78, 5) is 0. The Morgan fingerprint density at radius 1 is 0.773 bits per heavy atom. The van der Waals surface area contributed by atoms with Gasteiger partial charge in [0.1, 0.15) is 0 Å². The molecule has 0 aliphatic carbocycles. The molecule has 0 aromatic heterocycles. The molecule has 0 radical (unpaired) electrons. The molecule has 0 aromatic carbocycles. The minimum atomic E-state index is -1.25. The highest BCUT2D eigenvalue weighted by Crippen LogP contribution is 2.61. The summed E-state index contributed by atoms with van der Waals surface area (Å²) in [6.07, 6.45) is 1.33. The van der Waals surface area contributed by atoms with Crippen molar-refractivity contribution < 1.29 is 3.79 Å². The predicted molar refractivity (Wildman–Crippen MR) is 101 cm³/mol. The standard InChI is InChI=1S/C16H32O.C4H9.Al/c1-11-12(13(2,3)4)16(17,14(5,6)7)15(8,9)10;1-4(2)3;/h12H,1,11H2,2-10H3;1-3H3;/q-1;;+1. The van der Waals surface area contributed by atoms with Crippen molar-refractivity contribution in [1.29, 1.82) is 0 Å². The van der Waals surface area contributed by atoms with Gasteiger partial charge in [0.2, 0.25) is 0 Å². The van der Waals surface area contributed by atoms with Gasteiger partial charge in [0.25, 0.3) is 0 Å². The number of hydrogen-bond donors (Lipinski definition) is 0. The minimum Gasteiger partial charge on any atom is -0.495 e. The van der Waals surface area contributed by atoms with E-state index in [-0.39, 0.29) is 21.8 Å². The van der Waals surface area contributed by atoms with Crippen LogP contribution < -0.4 is 0 Å². The second-order valence-corrected chi connectivity index (χ2v) is 15.2. The molecule has 1 atom stereocenters. The molecule has 0 aromatic rings. The molecule has 0 spiro atoms. The average Bonchev–Trinajstić information content (AvgIpc) is 2.22. The number of rotatable bonds is 0. The Morgan fingerprint density at radius 3 is 1.45 bits per heavy atom. The highest BCUT2D eigenvalue weighted by molar-refractivity contribution is 6.55. The summed E-state index contributed by atoms with van der Waals surface area (Å²) in [7, 11) is 0. The van der Waals surface area contributed by atoms with Crippen molar-refractivity contribution in [2.75, 3.05) is 0 Å². The quantitative estimate of drug-likeness (QED) is 0.451. The van der Waals surface area contributed by atoms with Crippen molar-refractivity contribution in [1.82, 2.24) is 0 Å². The topological polar surface area (TPSA) is 9.23 Å². The molecule has 0 bridgehead atoms. The van der Waals surface area contributed by atoms with Gasteiger partial charge in [-0.1, -0.05) is 99.1 Å². The summed E-state index contributed by atoms with van der Waals surface area (Å²) >= 11 is -1.25. The van der Waals surface area contributed by atoms with Gasteiger partial charge in [0.05, 0.1) is 5.60 Å². The maximum atomic E-state index is 7.25. The van der Waals surface area contributed by atoms with Crippen LogP contribution in [0, 0.1) is 22.2 Å². The lowest BCUT2D eigenvalue weighted by atomic mass is 9.51. The maximum Gasteiger partial charge on any atom is 0.467 e. The summed E-state index contributed by atoms with van der Waals surface area (Å²) < 4.78 is 7.58. The molecular weight excluding hydrogens is 283 g/mol. The number of hydrogen-bond acceptors (Lipinski definition) is 1. The van der Waals surface area contributed by atoms with E-state index in [9.17, 15) is 0 Å². The molecule has 0 N–H and O–H groups in total. The van der Waals surface area contributed by atoms with Gasteiger partial charge in [-0.05, 0) is 22.2 Å². The minimum absolute atomic E-state index is 0.0549. The molecule has 1 unspecified atom stereocenters. The Balaban J connectivity index is 3.52. The van der Waals surface area contributed by atoms with Gasteiger partial charge in [-0.15, -0.1) is 0 Å². The van der Waals surface area contributed by atoms with Crippen LogP contribution in [0.2, 0.25) is 9.56 Å². The van der Waals surface area contributed by atoms with Crippen LogP contribution >= 0.6 is 0 Å². The molecule has 1 heterocycles. The van der Waals surface area contributed by atoms with Gasteiger partial charge in [-0.25, -0.2) is 0 Å². The zero-order valence-electron chi connectivity index (χ0n) is 17.5. The van der Waals surface area contributed by atoms with Crippen LogP contribution in [0.3, 0.4) is 0 Å². The molecule has 1 nitrogen and oxygen atoms in total. The zero-order chi connectivity index (χ0) is 17.8. The van der Waals surface area contributed by atoms with Crippen molar-refractivity contribution in [2.24, 2.45) is 22.2 Å². The fourth-order valence-corrected chi connectivity index (χ4v) is 8.36. The lowest BCUT2D eigenvalue weighted by Gasteiger charge is -2.65. The molecule has 1 aliphatic rings. The molecule has 1 saturated heterocycles. The Morgan fingerprint density at radius 2 is 1.18 bits per heavy atom. The van der Waals surface area contributed by atoms with Gasteiger partial charge in [-0.2, -0.15) is 0 Å². The van der Waals surface area contributed by atoms with Gasteiger partial charge in [0, 0.05) is 0 Å². The van der Waals surface area contributed by atoms with Gasteiger partial charge in [0.15, 0.2) is 0 Å². The fourth-order valence-electron chi connectivity index (χ4n) is 5.06. The SMILES string of the molecule is CC(C)(C)C1C[CH2][Al]([C](C)(C)C)[O]C1(C(C)(C)C)C(C)(C)C. The lowest BCUT2D eigenvalue weighted by Crippen LogP contribution is -2.67. The van der Waals surface area contributed by atoms with Crippen LogP contribution in [0.25, 0.3) is 0 Å². The van der Waals surface area contributed by atoms with Crippen LogP contribution in [0.15, 0.2) is 0 Å². The smallest absolute Gasteiger partial charge is 0.467 e. The van der Waals surface area contributed by atoms with Crippen LogP contribution in [-0.2, 0) is 3.79 Å². The predicted octanol–water partition coefficient (Wildman–Crippen LogP) is 6.69. The summed E-state index contributed by atoms with van der Waals surface area (Å²) in [6, 6.07) is 0. The van der Waals surface area contributed by atoms with Crippen molar-refractivity contribution in [3.05, 3.63) is 0 Å². The first-order valence-corrected chi connectivity index (χ1v) is 11.0. The largest absolute Gasteiger partial charge is 0.495 e. The lowest BCUT2D eigenvalue weighted by molar-refractivity contribution is -0.195. The van der Waals surface area contributed by atoms with Crippen LogP contribution in [0.5, 0.6) is 0 Å².